The van der Waals surface area contributed by atoms with Gasteiger partial charge in [-0.3, -0.25) is 9.89 Å². The Morgan fingerprint density at radius 3 is 2.79 bits per heavy atom. The lowest BCUT2D eigenvalue weighted by atomic mass is 10.3. The van der Waals surface area contributed by atoms with Crippen LogP contribution >= 0.6 is 11.3 Å². The monoisotopic (exact) mass is 280 g/mol. The minimum Gasteiger partial charge on any atom is -0.360 e. The third-order valence-corrected chi connectivity index (χ3v) is 3.39. The zero-order valence-corrected chi connectivity index (χ0v) is 11.9. The summed E-state index contributed by atoms with van der Waals surface area (Å²) in [7, 11) is 0. The molecule has 0 bridgehead atoms. The number of H-pyrrole nitrogens is 1. The molecule has 2 rings (SSSR count). The van der Waals surface area contributed by atoms with E-state index in [2.05, 4.69) is 38.0 Å². The lowest BCUT2D eigenvalue weighted by Gasteiger charge is -2.01. The Morgan fingerprint density at radius 2 is 2.16 bits per heavy atom. The van der Waals surface area contributed by atoms with Crippen LogP contribution in [0.5, 0.6) is 0 Å². The fraction of sp³-hybridized carbons (Fsp3) is 0.455. The SMILES string of the molecule is CCCNc1nnc(C(=O)Nc2c(C)n[nH]c2C)s1. The third-order valence-electron chi connectivity index (χ3n) is 2.51. The predicted molar refractivity (Wildman–Crippen MR) is 74.7 cm³/mol. The van der Waals surface area contributed by atoms with Crippen molar-refractivity contribution in [3.63, 3.8) is 0 Å². The molecule has 0 saturated heterocycles. The first-order chi connectivity index (χ1) is 9.11. The molecule has 2 aromatic heterocycles. The van der Waals surface area contributed by atoms with Gasteiger partial charge in [0, 0.05) is 6.54 Å². The van der Waals surface area contributed by atoms with E-state index in [1.165, 1.54) is 11.3 Å². The van der Waals surface area contributed by atoms with E-state index < -0.39 is 0 Å². The van der Waals surface area contributed by atoms with Crippen LogP contribution in [0.2, 0.25) is 0 Å². The minimum absolute atomic E-state index is 0.269. The number of rotatable bonds is 5. The summed E-state index contributed by atoms with van der Waals surface area (Å²) in [5.41, 5.74) is 2.27. The molecule has 19 heavy (non-hydrogen) atoms. The van der Waals surface area contributed by atoms with Gasteiger partial charge in [-0.1, -0.05) is 18.3 Å². The summed E-state index contributed by atoms with van der Waals surface area (Å²) in [4.78, 5) is 12.0. The predicted octanol–water partition coefficient (Wildman–Crippen LogP) is 1.95. The number of nitrogens with one attached hydrogen (secondary N) is 3. The van der Waals surface area contributed by atoms with Crippen molar-refractivity contribution in [2.75, 3.05) is 17.2 Å². The Kier molecular flexibility index (Phi) is 4.10. The first kappa shape index (κ1) is 13.5. The fourth-order valence-electron chi connectivity index (χ4n) is 1.52. The van der Waals surface area contributed by atoms with Crippen LogP contribution < -0.4 is 10.6 Å². The summed E-state index contributed by atoms with van der Waals surface area (Å²) in [5.74, 6) is -0.269. The van der Waals surface area contributed by atoms with Crippen molar-refractivity contribution in [3.8, 4) is 0 Å². The number of aromatic nitrogens is 4. The standard InChI is InChI=1S/C11H16N6OS/c1-4-5-12-11-17-16-10(19-11)9(18)13-8-6(2)14-15-7(8)3/h4-5H2,1-3H3,(H,12,17)(H,13,18)(H,14,15). The highest BCUT2D eigenvalue weighted by Gasteiger charge is 2.16. The van der Waals surface area contributed by atoms with Crippen molar-refractivity contribution in [3.05, 3.63) is 16.4 Å². The van der Waals surface area contributed by atoms with Crippen molar-refractivity contribution in [1.82, 2.24) is 20.4 Å². The van der Waals surface area contributed by atoms with E-state index in [1.807, 2.05) is 13.8 Å². The topological polar surface area (TPSA) is 95.6 Å². The van der Waals surface area contributed by atoms with Gasteiger partial charge < -0.3 is 10.6 Å². The number of aryl methyl sites for hydroxylation is 2. The molecule has 102 valence electrons. The number of carbonyl (C=O) groups is 1. The molecule has 3 N–H and O–H groups in total. The summed E-state index contributed by atoms with van der Waals surface area (Å²) in [6.45, 7) is 6.56. The van der Waals surface area contributed by atoms with Crippen LogP contribution in [0.1, 0.15) is 34.5 Å². The molecule has 0 atom stereocenters. The maximum absolute atomic E-state index is 12.0. The van der Waals surface area contributed by atoms with Crippen molar-refractivity contribution < 1.29 is 4.79 Å². The molecule has 0 aliphatic carbocycles. The summed E-state index contributed by atoms with van der Waals surface area (Å²) in [6, 6.07) is 0. The van der Waals surface area contributed by atoms with Gasteiger partial charge in [0.05, 0.1) is 17.1 Å². The van der Waals surface area contributed by atoms with E-state index in [1.54, 1.807) is 0 Å². The number of anilines is 2. The molecule has 0 saturated carbocycles. The van der Waals surface area contributed by atoms with Crippen LogP contribution in [-0.4, -0.2) is 32.8 Å². The first-order valence-electron chi connectivity index (χ1n) is 6.02. The fourth-order valence-corrected chi connectivity index (χ4v) is 2.18. The van der Waals surface area contributed by atoms with Gasteiger partial charge in [-0.25, -0.2) is 0 Å². The van der Waals surface area contributed by atoms with Crippen LogP contribution in [0.4, 0.5) is 10.8 Å². The molecule has 2 aromatic rings. The average molecular weight is 280 g/mol. The average Bonchev–Trinajstić information content (AvgIpc) is 2.98. The Balaban J connectivity index is 2.06. The molecule has 0 radical (unpaired) electrons. The van der Waals surface area contributed by atoms with E-state index in [0.717, 1.165) is 24.4 Å². The number of nitrogens with zero attached hydrogens (tertiary/aromatic N) is 3. The molecule has 7 nitrogen and oxygen atoms in total. The van der Waals surface area contributed by atoms with Gasteiger partial charge in [0.2, 0.25) is 10.1 Å². The van der Waals surface area contributed by atoms with Crippen molar-refractivity contribution in [1.29, 1.82) is 0 Å². The minimum atomic E-state index is -0.269. The highest BCUT2D eigenvalue weighted by atomic mass is 32.1. The molecule has 0 spiro atoms. The van der Waals surface area contributed by atoms with Crippen LogP contribution in [0.3, 0.4) is 0 Å². The lowest BCUT2D eigenvalue weighted by Crippen LogP contribution is -2.12. The summed E-state index contributed by atoms with van der Waals surface area (Å²) >= 11 is 1.24. The van der Waals surface area contributed by atoms with Crippen LogP contribution in [0.15, 0.2) is 0 Å². The maximum atomic E-state index is 12.0. The Morgan fingerprint density at radius 1 is 1.37 bits per heavy atom. The maximum Gasteiger partial charge on any atom is 0.286 e. The van der Waals surface area contributed by atoms with Gasteiger partial charge in [-0.2, -0.15) is 5.10 Å². The molecule has 2 heterocycles. The van der Waals surface area contributed by atoms with E-state index in [0.29, 0.717) is 15.8 Å². The molecular formula is C11H16N6OS. The van der Waals surface area contributed by atoms with Gasteiger partial charge in [-0.15, -0.1) is 10.2 Å². The molecule has 0 aliphatic rings. The summed E-state index contributed by atoms with van der Waals surface area (Å²) < 4.78 is 0. The van der Waals surface area contributed by atoms with Gasteiger partial charge in [0.25, 0.3) is 5.91 Å². The summed E-state index contributed by atoms with van der Waals surface area (Å²) in [6.07, 6.45) is 0.995. The molecule has 8 heteroatoms. The Labute approximate surface area is 114 Å². The third kappa shape index (κ3) is 3.08. The van der Waals surface area contributed by atoms with Crippen molar-refractivity contribution >= 4 is 28.1 Å². The zero-order valence-electron chi connectivity index (χ0n) is 11.1. The van der Waals surface area contributed by atoms with Gasteiger partial charge in [0.15, 0.2) is 0 Å². The molecule has 0 aliphatic heterocycles. The molecule has 0 aromatic carbocycles. The molecular weight excluding hydrogens is 264 g/mol. The Bertz CT molecular complexity index is 556. The second-order valence-electron chi connectivity index (χ2n) is 4.10. The van der Waals surface area contributed by atoms with E-state index in [9.17, 15) is 4.79 Å². The van der Waals surface area contributed by atoms with Crippen molar-refractivity contribution in [2.24, 2.45) is 0 Å². The highest BCUT2D eigenvalue weighted by Crippen LogP contribution is 2.20. The molecule has 0 fully saturated rings. The Hall–Kier alpha value is -1.96. The van der Waals surface area contributed by atoms with Gasteiger partial charge >= 0.3 is 0 Å². The number of carbonyl (C=O) groups excluding carboxylic acids is 1. The number of amides is 1. The number of hydrogen-bond acceptors (Lipinski definition) is 6. The molecule has 1 amide bonds. The van der Waals surface area contributed by atoms with Crippen LogP contribution in [0, 0.1) is 13.8 Å². The second kappa shape index (κ2) is 5.79. The highest BCUT2D eigenvalue weighted by molar-refractivity contribution is 7.17. The molecule has 0 unspecified atom stereocenters. The van der Waals surface area contributed by atoms with Gasteiger partial charge in [-0.05, 0) is 20.3 Å². The van der Waals surface area contributed by atoms with Crippen LogP contribution in [-0.2, 0) is 0 Å². The normalized spacial score (nSPS) is 10.5. The zero-order chi connectivity index (χ0) is 13.8. The second-order valence-corrected chi connectivity index (χ2v) is 5.08. The van der Waals surface area contributed by atoms with Gasteiger partial charge in [0.1, 0.15) is 0 Å². The van der Waals surface area contributed by atoms with Crippen LogP contribution in [0.25, 0.3) is 0 Å². The summed E-state index contributed by atoms with van der Waals surface area (Å²) in [5, 5.41) is 21.5. The number of aromatic amines is 1. The smallest absolute Gasteiger partial charge is 0.286 e. The van der Waals surface area contributed by atoms with E-state index >= 15 is 0 Å². The lowest BCUT2D eigenvalue weighted by molar-refractivity contribution is 0.102. The van der Waals surface area contributed by atoms with E-state index in [-0.39, 0.29) is 5.91 Å². The van der Waals surface area contributed by atoms with E-state index in [4.69, 9.17) is 0 Å². The quantitative estimate of drug-likeness (QED) is 0.778. The number of hydrogen-bond donors (Lipinski definition) is 3. The largest absolute Gasteiger partial charge is 0.360 e. The first-order valence-corrected chi connectivity index (χ1v) is 6.83. The van der Waals surface area contributed by atoms with Crippen molar-refractivity contribution in [2.45, 2.75) is 27.2 Å².